The first-order chi connectivity index (χ1) is 5.70. The van der Waals surface area contributed by atoms with Gasteiger partial charge in [0.25, 0.3) is 0 Å². The third kappa shape index (κ3) is 0.919. The SMILES string of the molecule is Cc1c(C(=O)O)sc2nnsc12. The van der Waals surface area contributed by atoms with Gasteiger partial charge in [-0.1, -0.05) is 4.49 Å². The summed E-state index contributed by atoms with van der Waals surface area (Å²) in [5, 5.41) is 12.6. The molecule has 0 bridgehead atoms. The van der Waals surface area contributed by atoms with Crippen LogP contribution in [-0.2, 0) is 0 Å². The molecule has 0 amide bonds. The number of aromatic nitrogens is 2. The standard InChI is InChI=1S/C6H4N2O2S2/c1-2-3-5(7-8-12-3)11-4(2)6(9)10/h1H3,(H,9,10). The van der Waals surface area contributed by atoms with Crippen molar-refractivity contribution in [3.8, 4) is 0 Å². The molecule has 0 aliphatic rings. The summed E-state index contributed by atoms with van der Waals surface area (Å²) in [4.78, 5) is 11.7. The zero-order chi connectivity index (χ0) is 8.72. The maximum absolute atomic E-state index is 10.7. The van der Waals surface area contributed by atoms with Crippen molar-refractivity contribution in [1.29, 1.82) is 0 Å². The highest BCUT2D eigenvalue weighted by molar-refractivity contribution is 7.26. The normalized spacial score (nSPS) is 10.8. The van der Waals surface area contributed by atoms with Crippen LogP contribution in [0.4, 0.5) is 0 Å². The van der Waals surface area contributed by atoms with E-state index in [9.17, 15) is 4.79 Å². The molecule has 6 heteroatoms. The Labute approximate surface area is 75.6 Å². The van der Waals surface area contributed by atoms with Crippen molar-refractivity contribution >= 4 is 38.4 Å². The van der Waals surface area contributed by atoms with Crippen LogP contribution in [0.3, 0.4) is 0 Å². The molecule has 0 spiro atoms. The smallest absolute Gasteiger partial charge is 0.346 e. The molecule has 0 saturated heterocycles. The number of hydrogen-bond donors (Lipinski definition) is 1. The Kier molecular flexibility index (Phi) is 1.59. The summed E-state index contributed by atoms with van der Waals surface area (Å²) in [5.74, 6) is -0.886. The van der Waals surface area contributed by atoms with E-state index in [1.165, 1.54) is 22.9 Å². The Balaban J connectivity index is 2.78. The zero-order valence-electron chi connectivity index (χ0n) is 6.07. The van der Waals surface area contributed by atoms with E-state index in [1.54, 1.807) is 6.92 Å². The van der Waals surface area contributed by atoms with Crippen LogP contribution < -0.4 is 0 Å². The summed E-state index contributed by atoms with van der Waals surface area (Å²) >= 11 is 2.41. The largest absolute Gasteiger partial charge is 0.477 e. The molecule has 2 aromatic heterocycles. The van der Waals surface area contributed by atoms with Gasteiger partial charge in [-0.2, -0.15) is 0 Å². The molecule has 0 aliphatic carbocycles. The maximum Gasteiger partial charge on any atom is 0.346 e. The van der Waals surface area contributed by atoms with Crippen LogP contribution in [0.15, 0.2) is 0 Å². The second-order valence-electron chi connectivity index (χ2n) is 2.27. The van der Waals surface area contributed by atoms with Crippen molar-refractivity contribution < 1.29 is 9.90 Å². The maximum atomic E-state index is 10.7. The molecular formula is C6H4N2O2S2. The van der Waals surface area contributed by atoms with Gasteiger partial charge in [0.15, 0.2) is 4.83 Å². The van der Waals surface area contributed by atoms with Crippen LogP contribution in [0.5, 0.6) is 0 Å². The van der Waals surface area contributed by atoms with E-state index in [1.807, 2.05) is 0 Å². The predicted octanol–water partition coefficient (Wildman–Crippen LogP) is 1.76. The predicted molar refractivity (Wildman–Crippen MR) is 47.0 cm³/mol. The summed E-state index contributed by atoms with van der Waals surface area (Å²) in [6.45, 7) is 1.78. The summed E-state index contributed by atoms with van der Waals surface area (Å²) in [7, 11) is 0. The Morgan fingerprint density at radius 3 is 2.92 bits per heavy atom. The second-order valence-corrected chi connectivity index (χ2v) is 4.02. The fraction of sp³-hybridized carbons (Fsp3) is 0.167. The van der Waals surface area contributed by atoms with Gasteiger partial charge in [-0.15, -0.1) is 16.4 Å². The Morgan fingerprint density at radius 2 is 2.33 bits per heavy atom. The average Bonchev–Trinajstić information content (AvgIpc) is 2.53. The fourth-order valence-electron chi connectivity index (χ4n) is 0.959. The molecule has 0 aromatic carbocycles. The topological polar surface area (TPSA) is 63.1 Å². The Morgan fingerprint density at radius 1 is 1.58 bits per heavy atom. The number of nitrogens with zero attached hydrogens (tertiary/aromatic N) is 2. The molecule has 2 heterocycles. The lowest BCUT2D eigenvalue weighted by Gasteiger charge is -1.87. The van der Waals surface area contributed by atoms with Gasteiger partial charge < -0.3 is 5.11 Å². The summed E-state index contributed by atoms with van der Waals surface area (Å²) in [6.07, 6.45) is 0. The molecule has 4 nitrogen and oxygen atoms in total. The monoisotopic (exact) mass is 200 g/mol. The van der Waals surface area contributed by atoms with Crippen LogP contribution in [0, 0.1) is 6.92 Å². The van der Waals surface area contributed by atoms with Crippen LogP contribution in [-0.4, -0.2) is 20.7 Å². The number of rotatable bonds is 1. The van der Waals surface area contributed by atoms with Crippen molar-refractivity contribution in [1.82, 2.24) is 9.59 Å². The van der Waals surface area contributed by atoms with E-state index in [-0.39, 0.29) is 0 Å². The van der Waals surface area contributed by atoms with Crippen LogP contribution in [0.1, 0.15) is 15.2 Å². The number of hydrogen-bond acceptors (Lipinski definition) is 5. The van der Waals surface area contributed by atoms with Crippen molar-refractivity contribution in [2.45, 2.75) is 6.92 Å². The summed E-state index contributed by atoms with van der Waals surface area (Å²) in [5.41, 5.74) is 0.775. The Bertz CT molecular complexity index is 445. The van der Waals surface area contributed by atoms with Gasteiger partial charge >= 0.3 is 5.97 Å². The van der Waals surface area contributed by atoms with E-state index < -0.39 is 5.97 Å². The summed E-state index contributed by atoms with van der Waals surface area (Å²) < 4.78 is 4.62. The summed E-state index contributed by atoms with van der Waals surface area (Å²) in [6, 6.07) is 0. The molecule has 0 unspecified atom stereocenters. The number of carbonyl (C=O) groups is 1. The molecule has 12 heavy (non-hydrogen) atoms. The van der Waals surface area contributed by atoms with E-state index in [4.69, 9.17) is 5.11 Å². The first-order valence-corrected chi connectivity index (χ1v) is 4.74. The molecule has 0 aliphatic heterocycles. The van der Waals surface area contributed by atoms with Gasteiger partial charge in [-0.25, -0.2) is 4.79 Å². The minimum absolute atomic E-state index is 0.367. The van der Waals surface area contributed by atoms with Gasteiger partial charge in [0, 0.05) is 0 Å². The van der Waals surface area contributed by atoms with E-state index in [0.717, 1.165) is 15.1 Å². The van der Waals surface area contributed by atoms with Gasteiger partial charge in [0.1, 0.15) is 4.88 Å². The van der Waals surface area contributed by atoms with Crippen molar-refractivity contribution in [2.75, 3.05) is 0 Å². The second kappa shape index (κ2) is 2.49. The highest BCUT2D eigenvalue weighted by atomic mass is 32.1. The minimum Gasteiger partial charge on any atom is -0.477 e. The van der Waals surface area contributed by atoms with Gasteiger partial charge in [0.2, 0.25) is 0 Å². The first-order valence-electron chi connectivity index (χ1n) is 3.15. The van der Waals surface area contributed by atoms with Gasteiger partial charge in [-0.05, 0) is 24.0 Å². The minimum atomic E-state index is -0.886. The average molecular weight is 200 g/mol. The van der Waals surface area contributed by atoms with Crippen molar-refractivity contribution in [3.05, 3.63) is 10.4 Å². The van der Waals surface area contributed by atoms with E-state index in [2.05, 4.69) is 9.59 Å². The lowest BCUT2D eigenvalue weighted by Crippen LogP contribution is -1.93. The molecule has 0 atom stereocenters. The van der Waals surface area contributed by atoms with Crippen LogP contribution in [0.25, 0.3) is 9.53 Å². The van der Waals surface area contributed by atoms with Crippen molar-refractivity contribution in [3.63, 3.8) is 0 Å². The number of thiophene rings is 1. The quantitative estimate of drug-likeness (QED) is 0.761. The molecule has 62 valence electrons. The van der Waals surface area contributed by atoms with Crippen LogP contribution >= 0.6 is 22.9 Å². The van der Waals surface area contributed by atoms with Gasteiger partial charge in [0.05, 0.1) is 4.70 Å². The third-order valence-electron chi connectivity index (χ3n) is 1.53. The molecule has 2 rings (SSSR count). The highest BCUT2D eigenvalue weighted by Gasteiger charge is 2.16. The lowest BCUT2D eigenvalue weighted by molar-refractivity contribution is 0.0701. The molecule has 0 radical (unpaired) electrons. The molecule has 0 fully saturated rings. The van der Waals surface area contributed by atoms with Gasteiger partial charge in [-0.3, -0.25) is 0 Å². The van der Waals surface area contributed by atoms with E-state index >= 15 is 0 Å². The number of carboxylic acids is 1. The molecule has 0 saturated carbocycles. The van der Waals surface area contributed by atoms with E-state index in [0.29, 0.717) is 4.88 Å². The van der Waals surface area contributed by atoms with Crippen LogP contribution in [0.2, 0.25) is 0 Å². The fourth-order valence-corrected chi connectivity index (χ4v) is 2.74. The highest BCUT2D eigenvalue weighted by Crippen LogP contribution is 2.31. The third-order valence-corrected chi connectivity index (χ3v) is 3.67. The number of aromatic carboxylic acids is 1. The number of fused-ring (bicyclic) bond motifs is 1. The molecule has 2 aromatic rings. The number of aryl methyl sites for hydroxylation is 1. The lowest BCUT2D eigenvalue weighted by atomic mass is 10.3. The molecule has 1 N–H and O–H groups in total. The molecular weight excluding hydrogens is 196 g/mol. The van der Waals surface area contributed by atoms with Crippen molar-refractivity contribution in [2.24, 2.45) is 0 Å². The number of carboxylic acid groups (broad SMARTS) is 1. The zero-order valence-corrected chi connectivity index (χ0v) is 7.70. The Hall–Kier alpha value is -1.01. The first kappa shape index (κ1) is 7.63.